The van der Waals surface area contributed by atoms with Crippen LogP contribution < -0.4 is 5.32 Å². The second-order valence-corrected chi connectivity index (χ2v) is 14.1. The summed E-state index contributed by atoms with van der Waals surface area (Å²) >= 11 is 0. The monoisotopic (exact) mass is 544 g/mol. The standard InChI is InChI=1S/C31H48N2O6/c1-29(2)17-19(11-14-38-29)25(16-28(36)37)32-27(35)18-39-33-21-9-12-30(3)20(15-21)5-6-22-23-7-8-26(34)31(23,4)13-10-24(22)30/h15,19,22-26,34H,5-14,16-18H2,1-4H3,(H,32,35)(H,36,37)/b33-21-/t19-,22+,23+,24-,25-,26+,30-,31-/m0/s1. The van der Waals surface area contributed by atoms with Gasteiger partial charge in [0.2, 0.25) is 0 Å². The number of carboxylic acid groups (broad SMARTS) is 1. The van der Waals surface area contributed by atoms with Gasteiger partial charge in [0, 0.05) is 12.6 Å². The summed E-state index contributed by atoms with van der Waals surface area (Å²) in [6, 6.07) is -0.458. The van der Waals surface area contributed by atoms with Crippen LogP contribution >= 0.6 is 0 Å². The normalized spacial score (nSPS) is 41.0. The van der Waals surface area contributed by atoms with Gasteiger partial charge in [-0.05, 0) is 119 Å². The van der Waals surface area contributed by atoms with E-state index < -0.39 is 12.0 Å². The second-order valence-electron chi connectivity index (χ2n) is 14.1. The van der Waals surface area contributed by atoms with Gasteiger partial charge in [-0.1, -0.05) is 24.6 Å². The van der Waals surface area contributed by atoms with Crippen molar-refractivity contribution >= 4 is 17.6 Å². The lowest BCUT2D eigenvalue weighted by Gasteiger charge is -2.57. The van der Waals surface area contributed by atoms with Crippen LogP contribution in [-0.2, 0) is 19.2 Å². The van der Waals surface area contributed by atoms with Crippen LogP contribution in [0.25, 0.3) is 0 Å². The molecule has 3 saturated carbocycles. The smallest absolute Gasteiger partial charge is 0.305 e. The van der Waals surface area contributed by atoms with E-state index in [1.54, 1.807) is 0 Å². The van der Waals surface area contributed by atoms with Gasteiger partial charge in [-0.3, -0.25) is 9.59 Å². The van der Waals surface area contributed by atoms with Crippen molar-refractivity contribution < 1.29 is 29.4 Å². The van der Waals surface area contributed by atoms with Crippen molar-refractivity contribution in [1.82, 2.24) is 5.32 Å². The van der Waals surface area contributed by atoms with Gasteiger partial charge in [-0.2, -0.15) is 0 Å². The molecule has 5 aliphatic rings. The summed E-state index contributed by atoms with van der Waals surface area (Å²) in [5.41, 5.74) is 2.30. The maximum Gasteiger partial charge on any atom is 0.305 e. The average Bonchev–Trinajstić information content (AvgIpc) is 3.17. The minimum absolute atomic E-state index is 0.0427. The average molecular weight is 545 g/mol. The Hall–Kier alpha value is -1.93. The number of aliphatic hydroxyl groups excluding tert-OH is 1. The predicted molar refractivity (Wildman–Crippen MR) is 148 cm³/mol. The van der Waals surface area contributed by atoms with E-state index in [0.717, 1.165) is 50.7 Å². The lowest BCUT2D eigenvalue weighted by molar-refractivity contribution is -0.139. The highest BCUT2D eigenvalue weighted by atomic mass is 16.6. The molecule has 0 radical (unpaired) electrons. The summed E-state index contributed by atoms with van der Waals surface area (Å²) in [5.74, 6) is 0.772. The van der Waals surface area contributed by atoms with Crippen LogP contribution in [-0.4, -0.2) is 58.8 Å². The van der Waals surface area contributed by atoms with E-state index in [2.05, 4.69) is 30.4 Å². The highest BCUT2D eigenvalue weighted by Gasteiger charge is 2.58. The second kappa shape index (κ2) is 10.8. The first-order chi connectivity index (χ1) is 18.4. The SMILES string of the molecule is CC1(C)C[C@@H]([C@H](CC(=O)O)NC(=O)CO/N=C2\C=C3CC[C@@H]4[C@H]5CC[C@@H](O)[C@@]5(C)CC[C@@H]4[C@@]3(C)CC2)CCO1. The fourth-order valence-electron chi connectivity index (χ4n) is 9.18. The van der Waals surface area contributed by atoms with E-state index in [1.807, 2.05) is 13.8 Å². The van der Waals surface area contributed by atoms with Crippen molar-refractivity contribution in [2.45, 2.75) is 116 Å². The number of nitrogens with zero attached hydrogens (tertiary/aromatic N) is 1. The van der Waals surface area contributed by atoms with Gasteiger partial charge in [0.25, 0.3) is 5.91 Å². The maximum absolute atomic E-state index is 12.7. The fourth-order valence-corrected chi connectivity index (χ4v) is 9.18. The first kappa shape index (κ1) is 28.6. The van der Waals surface area contributed by atoms with Crippen LogP contribution in [0.3, 0.4) is 0 Å². The van der Waals surface area contributed by atoms with Gasteiger partial charge in [-0.25, -0.2) is 0 Å². The van der Waals surface area contributed by atoms with Crippen molar-refractivity contribution in [2.24, 2.45) is 39.7 Å². The molecule has 8 heteroatoms. The highest BCUT2D eigenvalue weighted by molar-refractivity contribution is 5.96. The van der Waals surface area contributed by atoms with Crippen LogP contribution in [0.5, 0.6) is 0 Å². The van der Waals surface area contributed by atoms with Gasteiger partial charge in [0.15, 0.2) is 6.61 Å². The number of carbonyl (C=O) groups is 2. The number of carboxylic acids is 1. The number of aliphatic carboxylic acids is 1. The largest absolute Gasteiger partial charge is 0.481 e. The molecule has 1 heterocycles. The summed E-state index contributed by atoms with van der Waals surface area (Å²) in [7, 11) is 0. The molecule has 39 heavy (non-hydrogen) atoms. The van der Waals surface area contributed by atoms with E-state index in [9.17, 15) is 19.8 Å². The third-order valence-electron chi connectivity index (χ3n) is 11.3. The lowest BCUT2D eigenvalue weighted by atomic mass is 9.47. The van der Waals surface area contributed by atoms with Crippen LogP contribution in [0.2, 0.25) is 0 Å². The van der Waals surface area contributed by atoms with Crippen molar-refractivity contribution in [1.29, 1.82) is 0 Å². The van der Waals surface area contributed by atoms with E-state index in [0.29, 0.717) is 30.8 Å². The molecular weight excluding hydrogens is 496 g/mol. The molecule has 0 bridgehead atoms. The highest BCUT2D eigenvalue weighted by Crippen LogP contribution is 2.65. The number of aliphatic hydroxyl groups is 1. The zero-order chi connectivity index (χ0) is 28.0. The topological polar surface area (TPSA) is 117 Å². The van der Waals surface area contributed by atoms with Gasteiger partial charge >= 0.3 is 5.97 Å². The van der Waals surface area contributed by atoms with Crippen LogP contribution in [0, 0.1) is 34.5 Å². The molecule has 0 aromatic rings. The Balaban J connectivity index is 1.18. The fraction of sp³-hybridized carbons (Fsp3) is 0.839. The molecule has 4 fully saturated rings. The Morgan fingerprint density at radius 1 is 1.10 bits per heavy atom. The molecule has 0 aromatic heterocycles. The Bertz CT molecular complexity index is 1020. The van der Waals surface area contributed by atoms with E-state index in [1.165, 1.54) is 18.4 Å². The zero-order valence-electron chi connectivity index (χ0n) is 24.2. The number of ether oxygens (including phenoxy) is 1. The number of amides is 1. The van der Waals surface area contributed by atoms with Crippen LogP contribution in [0.4, 0.5) is 0 Å². The molecule has 8 nitrogen and oxygen atoms in total. The van der Waals surface area contributed by atoms with Gasteiger partial charge < -0.3 is 25.1 Å². The summed E-state index contributed by atoms with van der Waals surface area (Å²) in [6.07, 6.45) is 11.9. The summed E-state index contributed by atoms with van der Waals surface area (Å²) in [5, 5.41) is 27.3. The molecule has 8 atom stereocenters. The van der Waals surface area contributed by atoms with Crippen molar-refractivity contribution in [3.63, 3.8) is 0 Å². The minimum atomic E-state index is -0.927. The molecule has 1 saturated heterocycles. The van der Waals surface area contributed by atoms with E-state index >= 15 is 0 Å². The molecule has 0 unspecified atom stereocenters. The number of carbonyl (C=O) groups excluding carboxylic acids is 1. The molecule has 1 amide bonds. The zero-order valence-corrected chi connectivity index (χ0v) is 24.2. The summed E-state index contributed by atoms with van der Waals surface area (Å²) in [4.78, 5) is 29.7. The number of allylic oxidation sites excluding steroid dienone is 2. The number of rotatable bonds is 7. The van der Waals surface area contributed by atoms with E-state index in [-0.39, 0.29) is 47.4 Å². The van der Waals surface area contributed by atoms with Gasteiger partial charge in [0.05, 0.1) is 23.8 Å². The lowest BCUT2D eigenvalue weighted by Crippen LogP contribution is -2.51. The van der Waals surface area contributed by atoms with Crippen LogP contribution in [0.15, 0.2) is 16.8 Å². The summed E-state index contributed by atoms with van der Waals surface area (Å²) in [6.45, 7) is 9.10. The minimum Gasteiger partial charge on any atom is -0.481 e. The Kier molecular flexibility index (Phi) is 7.92. The number of hydrogen-bond donors (Lipinski definition) is 3. The van der Waals surface area contributed by atoms with Crippen molar-refractivity contribution in [3.05, 3.63) is 11.6 Å². The van der Waals surface area contributed by atoms with Crippen LogP contribution in [0.1, 0.15) is 98.3 Å². The molecule has 1 aliphatic heterocycles. The van der Waals surface area contributed by atoms with E-state index in [4.69, 9.17) is 9.57 Å². The number of oxime groups is 1. The van der Waals surface area contributed by atoms with Crippen molar-refractivity contribution in [2.75, 3.05) is 13.2 Å². The molecule has 218 valence electrons. The first-order valence-electron chi connectivity index (χ1n) is 15.1. The molecule has 5 rings (SSSR count). The molecule has 4 aliphatic carbocycles. The first-order valence-corrected chi connectivity index (χ1v) is 15.1. The van der Waals surface area contributed by atoms with Gasteiger partial charge in [-0.15, -0.1) is 0 Å². The number of hydrogen-bond acceptors (Lipinski definition) is 6. The Morgan fingerprint density at radius 3 is 2.64 bits per heavy atom. The number of fused-ring (bicyclic) bond motifs is 5. The Morgan fingerprint density at radius 2 is 1.90 bits per heavy atom. The molecular formula is C31H48N2O6. The molecule has 3 N–H and O–H groups in total. The van der Waals surface area contributed by atoms with Gasteiger partial charge in [0.1, 0.15) is 0 Å². The third kappa shape index (κ3) is 5.65. The number of nitrogens with one attached hydrogen (secondary N) is 1. The third-order valence-corrected chi connectivity index (χ3v) is 11.3. The Labute approximate surface area is 233 Å². The van der Waals surface area contributed by atoms with Crippen molar-refractivity contribution in [3.8, 4) is 0 Å². The quantitative estimate of drug-likeness (QED) is 0.395. The molecule has 0 spiro atoms. The maximum atomic E-state index is 12.7. The predicted octanol–water partition coefficient (Wildman–Crippen LogP) is 4.85. The summed E-state index contributed by atoms with van der Waals surface area (Å²) < 4.78 is 5.77. The molecule has 0 aromatic carbocycles.